The molecule has 6 heteroatoms. The summed E-state index contributed by atoms with van der Waals surface area (Å²) in [5.74, 6) is -0.215. The maximum absolute atomic E-state index is 13.0. The maximum atomic E-state index is 13.0. The van der Waals surface area contributed by atoms with Crippen LogP contribution in [0.3, 0.4) is 0 Å². The van der Waals surface area contributed by atoms with Crippen LogP contribution in [0.2, 0.25) is 5.02 Å². The average Bonchev–Trinajstić information content (AvgIpc) is 2.40. The number of aryl methyl sites for hydroxylation is 2. The molecule has 3 nitrogen and oxygen atoms in total. The third-order valence-corrected chi connectivity index (χ3v) is 3.74. The lowest BCUT2D eigenvalue weighted by atomic mass is 10.2. The van der Waals surface area contributed by atoms with Crippen molar-refractivity contribution >= 4 is 39.1 Å². The molecule has 1 amide bonds. The third-order valence-electron chi connectivity index (χ3n) is 3.00. The summed E-state index contributed by atoms with van der Waals surface area (Å²) in [6, 6.07) is 7.71. The lowest BCUT2D eigenvalue weighted by molar-refractivity contribution is -0.118. The van der Waals surface area contributed by atoms with Crippen LogP contribution in [-0.4, -0.2) is 12.5 Å². The second-order valence-corrected chi connectivity index (χ2v) is 6.15. The number of ether oxygens (including phenoxy) is 1. The van der Waals surface area contributed by atoms with E-state index in [0.29, 0.717) is 22.0 Å². The second-order valence-electron chi connectivity index (χ2n) is 4.83. The van der Waals surface area contributed by atoms with E-state index >= 15 is 0 Å². The van der Waals surface area contributed by atoms with E-state index in [9.17, 15) is 9.18 Å². The van der Waals surface area contributed by atoms with Crippen LogP contribution in [-0.2, 0) is 4.79 Å². The van der Waals surface area contributed by atoms with Crippen molar-refractivity contribution in [1.82, 2.24) is 0 Å². The van der Waals surface area contributed by atoms with Crippen LogP contribution in [0.25, 0.3) is 0 Å². The Morgan fingerprint density at radius 2 is 2.00 bits per heavy atom. The van der Waals surface area contributed by atoms with Gasteiger partial charge < -0.3 is 10.1 Å². The van der Waals surface area contributed by atoms with E-state index in [0.717, 1.165) is 10.0 Å². The molecule has 22 heavy (non-hydrogen) atoms. The summed E-state index contributed by atoms with van der Waals surface area (Å²) in [7, 11) is 0. The number of halogens is 3. The van der Waals surface area contributed by atoms with Gasteiger partial charge in [-0.1, -0.05) is 27.5 Å². The van der Waals surface area contributed by atoms with Gasteiger partial charge in [-0.05, 0) is 55.3 Å². The van der Waals surface area contributed by atoms with E-state index in [4.69, 9.17) is 16.3 Å². The summed E-state index contributed by atoms with van der Waals surface area (Å²) in [5, 5.41) is 3.10. The summed E-state index contributed by atoms with van der Waals surface area (Å²) >= 11 is 9.43. The molecule has 0 saturated carbocycles. The van der Waals surface area contributed by atoms with Crippen LogP contribution >= 0.6 is 27.5 Å². The topological polar surface area (TPSA) is 38.3 Å². The minimum absolute atomic E-state index is 0.182. The van der Waals surface area contributed by atoms with Crippen LogP contribution in [0, 0.1) is 19.7 Å². The SMILES string of the molecule is Cc1cc(F)ccc1NC(=O)COc1c(C)cc(Br)cc1Cl. The molecule has 2 aromatic rings. The smallest absolute Gasteiger partial charge is 0.262 e. The van der Waals surface area contributed by atoms with Gasteiger partial charge in [0.05, 0.1) is 5.02 Å². The third kappa shape index (κ3) is 4.21. The Morgan fingerprint density at radius 1 is 1.27 bits per heavy atom. The normalized spacial score (nSPS) is 10.4. The van der Waals surface area contributed by atoms with Crippen molar-refractivity contribution in [2.24, 2.45) is 0 Å². The van der Waals surface area contributed by atoms with Crippen molar-refractivity contribution in [3.05, 3.63) is 56.8 Å². The van der Waals surface area contributed by atoms with Gasteiger partial charge in [0.25, 0.3) is 5.91 Å². The fourth-order valence-corrected chi connectivity index (χ4v) is 2.99. The lowest BCUT2D eigenvalue weighted by Crippen LogP contribution is -2.21. The minimum Gasteiger partial charge on any atom is -0.482 e. The predicted molar refractivity (Wildman–Crippen MR) is 89.2 cm³/mol. The van der Waals surface area contributed by atoms with E-state index in [-0.39, 0.29) is 18.3 Å². The highest BCUT2D eigenvalue weighted by Crippen LogP contribution is 2.31. The molecule has 0 aliphatic heterocycles. The predicted octanol–water partition coefficient (Wildman–Crippen LogP) is 4.88. The molecule has 0 aromatic heterocycles. The molecule has 2 rings (SSSR count). The van der Waals surface area contributed by atoms with Gasteiger partial charge in [-0.3, -0.25) is 4.79 Å². The van der Waals surface area contributed by atoms with Gasteiger partial charge in [-0.15, -0.1) is 0 Å². The molecule has 0 unspecified atom stereocenters. The van der Waals surface area contributed by atoms with Crippen LogP contribution in [0.1, 0.15) is 11.1 Å². The number of anilines is 1. The first-order valence-electron chi connectivity index (χ1n) is 6.51. The Morgan fingerprint density at radius 3 is 2.64 bits per heavy atom. The Hall–Kier alpha value is -1.59. The van der Waals surface area contributed by atoms with Gasteiger partial charge in [-0.2, -0.15) is 0 Å². The Balaban J connectivity index is 2.02. The Labute approximate surface area is 141 Å². The molecule has 2 aromatic carbocycles. The number of carbonyl (C=O) groups is 1. The number of benzene rings is 2. The molecular formula is C16H14BrClFNO2. The van der Waals surface area contributed by atoms with Crippen molar-refractivity contribution in [3.8, 4) is 5.75 Å². The summed E-state index contributed by atoms with van der Waals surface area (Å²) in [6.45, 7) is 3.38. The highest BCUT2D eigenvalue weighted by Gasteiger charge is 2.11. The monoisotopic (exact) mass is 385 g/mol. The maximum Gasteiger partial charge on any atom is 0.262 e. The molecule has 0 aliphatic carbocycles. The van der Waals surface area contributed by atoms with Gasteiger partial charge in [0.15, 0.2) is 6.61 Å². The van der Waals surface area contributed by atoms with E-state index in [2.05, 4.69) is 21.2 Å². The zero-order chi connectivity index (χ0) is 16.3. The van der Waals surface area contributed by atoms with E-state index < -0.39 is 0 Å². The van der Waals surface area contributed by atoms with Gasteiger partial charge in [0, 0.05) is 10.2 Å². The number of hydrogen-bond acceptors (Lipinski definition) is 2. The zero-order valence-corrected chi connectivity index (χ0v) is 14.4. The first kappa shape index (κ1) is 16.8. The van der Waals surface area contributed by atoms with Gasteiger partial charge in [0.2, 0.25) is 0 Å². The minimum atomic E-state index is -0.344. The average molecular weight is 387 g/mol. The fourth-order valence-electron chi connectivity index (χ4n) is 1.96. The molecule has 0 radical (unpaired) electrons. The van der Waals surface area contributed by atoms with Crippen LogP contribution in [0.4, 0.5) is 10.1 Å². The molecule has 0 fully saturated rings. The summed E-state index contributed by atoms with van der Waals surface area (Å²) in [6.07, 6.45) is 0. The molecule has 0 aliphatic rings. The second kappa shape index (κ2) is 7.11. The molecular weight excluding hydrogens is 373 g/mol. The highest BCUT2D eigenvalue weighted by molar-refractivity contribution is 9.10. The molecule has 0 atom stereocenters. The molecule has 0 bridgehead atoms. The zero-order valence-electron chi connectivity index (χ0n) is 12.0. The van der Waals surface area contributed by atoms with E-state index in [1.54, 1.807) is 13.0 Å². The molecule has 0 heterocycles. The van der Waals surface area contributed by atoms with E-state index in [1.165, 1.54) is 18.2 Å². The Kier molecular flexibility index (Phi) is 5.42. The molecule has 0 spiro atoms. The van der Waals surface area contributed by atoms with Crippen LogP contribution < -0.4 is 10.1 Å². The summed E-state index contributed by atoms with van der Waals surface area (Å²) in [5.41, 5.74) is 2.02. The van der Waals surface area contributed by atoms with Crippen LogP contribution in [0.15, 0.2) is 34.8 Å². The van der Waals surface area contributed by atoms with Crippen molar-refractivity contribution in [1.29, 1.82) is 0 Å². The summed E-state index contributed by atoms with van der Waals surface area (Å²) < 4.78 is 19.3. The fraction of sp³-hybridized carbons (Fsp3) is 0.188. The largest absolute Gasteiger partial charge is 0.482 e. The number of carbonyl (C=O) groups excluding carboxylic acids is 1. The van der Waals surface area contributed by atoms with Crippen molar-refractivity contribution in [2.75, 3.05) is 11.9 Å². The quantitative estimate of drug-likeness (QED) is 0.813. The number of nitrogens with one attached hydrogen (secondary N) is 1. The highest BCUT2D eigenvalue weighted by atomic mass is 79.9. The van der Waals surface area contributed by atoms with Gasteiger partial charge >= 0.3 is 0 Å². The van der Waals surface area contributed by atoms with Gasteiger partial charge in [-0.25, -0.2) is 4.39 Å². The van der Waals surface area contributed by atoms with Gasteiger partial charge in [0.1, 0.15) is 11.6 Å². The van der Waals surface area contributed by atoms with Crippen molar-refractivity contribution in [3.63, 3.8) is 0 Å². The number of amides is 1. The first-order valence-corrected chi connectivity index (χ1v) is 7.68. The number of rotatable bonds is 4. The van der Waals surface area contributed by atoms with Crippen molar-refractivity contribution in [2.45, 2.75) is 13.8 Å². The van der Waals surface area contributed by atoms with Crippen LogP contribution in [0.5, 0.6) is 5.75 Å². The molecule has 1 N–H and O–H groups in total. The molecule has 0 saturated heterocycles. The number of hydrogen-bond donors (Lipinski definition) is 1. The molecule has 116 valence electrons. The summed E-state index contributed by atoms with van der Waals surface area (Å²) in [4.78, 5) is 11.9. The van der Waals surface area contributed by atoms with E-state index in [1.807, 2.05) is 13.0 Å². The lowest BCUT2D eigenvalue weighted by Gasteiger charge is -2.12. The Bertz CT molecular complexity index is 698. The van der Waals surface area contributed by atoms with Crippen molar-refractivity contribution < 1.29 is 13.9 Å². The standard InChI is InChI=1S/C16H14BrClFNO2/c1-9-6-12(19)3-4-14(9)20-15(21)8-22-16-10(2)5-11(17)7-13(16)18/h3-7H,8H2,1-2H3,(H,20,21). The first-order chi connectivity index (χ1) is 10.4.